The van der Waals surface area contributed by atoms with E-state index >= 15 is 0 Å². The molecule has 1 aliphatic heterocycles. The summed E-state index contributed by atoms with van der Waals surface area (Å²) in [6.07, 6.45) is 8.25. The lowest BCUT2D eigenvalue weighted by atomic mass is 9.89. The van der Waals surface area contributed by atoms with Gasteiger partial charge in [-0.1, -0.05) is 36.4 Å². The second-order valence-corrected chi connectivity index (χ2v) is 10.0. The number of aromatic nitrogens is 2. The predicted octanol–water partition coefficient (Wildman–Crippen LogP) is 2.12. The first-order chi connectivity index (χ1) is 18.8. The lowest BCUT2D eigenvalue weighted by Gasteiger charge is -2.37. The molecule has 0 saturated carbocycles. The standard InChI is InChI=1S/C29H36N2O8/c1-19(32)38-28-27(35)25(33)17-37-29(28)36-16-20-7-3-6-10-24(14-22-9-5-4-8-21(22)13-20)39-26(34)12-11-23-15-31(2)18-30-23/h3-6,8-9,11-12,15,18,20,24-25,27-29,33,35H,7,10,13-14,16-17H2,1-2H3. The first-order valence-electron chi connectivity index (χ1n) is 13.1. The van der Waals surface area contributed by atoms with Gasteiger partial charge in [0.25, 0.3) is 0 Å². The van der Waals surface area contributed by atoms with Crippen LogP contribution in [-0.4, -0.2) is 75.6 Å². The molecule has 2 N–H and O–H groups in total. The monoisotopic (exact) mass is 540 g/mol. The lowest BCUT2D eigenvalue weighted by molar-refractivity contribution is -0.277. The number of imidazole rings is 1. The summed E-state index contributed by atoms with van der Waals surface area (Å²) in [6.45, 7) is 1.41. The fourth-order valence-corrected chi connectivity index (χ4v) is 4.77. The number of fused-ring (bicyclic) bond motifs is 1. The number of aliphatic hydroxyl groups excluding tert-OH is 2. The van der Waals surface area contributed by atoms with Gasteiger partial charge in [0.15, 0.2) is 12.4 Å². The third-order valence-corrected chi connectivity index (χ3v) is 6.74. The molecule has 1 aliphatic carbocycles. The third kappa shape index (κ3) is 8.34. The molecule has 2 aliphatic rings. The molecule has 2 heterocycles. The summed E-state index contributed by atoms with van der Waals surface area (Å²) in [5.41, 5.74) is 2.90. The molecule has 6 unspecified atom stereocenters. The average Bonchev–Trinajstić information content (AvgIpc) is 3.33. The number of benzene rings is 1. The van der Waals surface area contributed by atoms with Gasteiger partial charge in [0.1, 0.15) is 18.3 Å². The predicted molar refractivity (Wildman–Crippen MR) is 141 cm³/mol. The minimum absolute atomic E-state index is 0.0772. The van der Waals surface area contributed by atoms with Crippen LogP contribution in [0.4, 0.5) is 0 Å². The van der Waals surface area contributed by atoms with Crippen molar-refractivity contribution in [3.8, 4) is 0 Å². The van der Waals surface area contributed by atoms with Crippen LogP contribution in [0.3, 0.4) is 0 Å². The van der Waals surface area contributed by atoms with Crippen LogP contribution >= 0.6 is 0 Å². The van der Waals surface area contributed by atoms with E-state index in [0.717, 1.165) is 11.1 Å². The molecule has 4 rings (SSSR count). The Balaban J connectivity index is 1.40. The maximum atomic E-state index is 12.5. The molecule has 0 radical (unpaired) electrons. The Hall–Kier alpha value is -3.31. The minimum atomic E-state index is -1.30. The SMILES string of the molecule is CC(=O)OC1C(OCC2CC=CCC(OC(=O)C=Cc3cn(C)cn3)Cc3ccccc3C2)OCC(O)C1O. The van der Waals surface area contributed by atoms with Crippen molar-refractivity contribution in [1.82, 2.24) is 9.55 Å². The second-order valence-electron chi connectivity index (χ2n) is 10.0. The van der Waals surface area contributed by atoms with Crippen LogP contribution < -0.4 is 0 Å². The Morgan fingerprint density at radius 3 is 2.59 bits per heavy atom. The Kier molecular flexibility index (Phi) is 10.0. The van der Waals surface area contributed by atoms with Crippen LogP contribution in [0, 0.1) is 5.92 Å². The van der Waals surface area contributed by atoms with E-state index in [-0.39, 0.29) is 18.6 Å². The third-order valence-electron chi connectivity index (χ3n) is 6.74. The fourth-order valence-electron chi connectivity index (χ4n) is 4.77. The van der Waals surface area contributed by atoms with Gasteiger partial charge in [-0.3, -0.25) is 4.79 Å². The number of nitrogens with zero attached hydrogens (tertiary/aromatic N) is 2. The summed E-state index contributed by atoms with van der Waals surface area (Å²) < 4.78 is 24.3. The van der Waals surface area contributed by atoms with Crippen molar-refractivity contribution in [1.29, 1.82) is 0 Å². The van der Waals surface area contributed by atoms with Gasteiger partial charge >= 0.3 is 11.9 Å². The molecule has 6 atom stereocenters. The Morgan fingerprint density at radius 1 is 1.13 bits per heavy atom. The summed E-state index contributed by atoms with van der Waals surface area (Å²) in [6, 6.07) is 8.06. The number of aryl methyl sites for hydroxylation is 1. The van der Waals surface area contributed by atoms with Gasteiger partial charge in [0, 0.05) is 39.1 Å². The molecular formula is C29H36N2O8. The zero-order valence-corrected chi connectivity index (χ0v) is 22.2. The van der Waals surface area contributed by atoms with Crippen molar-refractivity contribution in [3.63, 3.8) is 0 Å². The number of carbonyl (C=O) groups excluding carboxylic acids is 2. The van der Waals surface area contributed by atoms with E-state index in [1.165, 1.54) is 13.0 Å². The molecule has 0 amide bonds. The van der Waals surface area contributed by atoms with Crippen molar-refractivity contribution in [2.24, 2.45) is 13.0 Å². The number of ether oxygens (including phenoxy) is 4. The fraction of sp³-hybridized carbons (Fsp3) is 0.483. The molecule has 39 heavy (non-hydrogen) atoms. The minimum Gasteiger partial charge on any atom is -0.459 e. The number of esters is 2. The summed E-state index contributed by atoms with van der Waals surface area (Å²) in [4.78, 5) is 28.2. The Labute approximate surface area is 227 Å². The Bertz CT molecular complexity index is 1180. The van der Waals surface area contributed by atoms with Crippen molar-refractivity contribution in [2.45, 2.75) is 63.3 Å². The molecular weight excluding hydrogens is 504 g/mol. The number of carbonyl (C=O) groups is 2. The van der Waals surface area contributed by atoms with E-state index in [2.05, 4.69) is 17.1 Å². The number of rotatable bonds is 7. The molecule has 1 aromatic heterocycles. The second kappa shape index (κ2) is 13.7. The molecule has 210 valence electrons. The molecule has 0 spiro atoms. The number of allylic oxidation sites excluding steroid dienone is 1. The number of hydrogen-bond donors (Lipinski definition) is 2. The summed E-state index contributed by atoms with van der Waals surface area (Å²) in [5, 5.41) is 20.2. The maximum Gasteiger partial charge on any atom is 0.331 e. The van der Waals surface area contributed by atoms with E-state index < -0.39 is 36.5 Å². The van der Waals surface area contributed by atoms with E-state index in [1.807, 2.05) is 37.5 Å². The van der Waals surface area contributed by atoms with Gasteiger partial charge in [-0.05, 0) is 36.0 Å². The molecule has 0 bridgehead atoms. The van der Waals surface area contributed by atoms with Gasteiger partial charge in [-0.25, -0.2) is 9.78 Å². The van der Waals surface area contributed by atoms with Gasteiger partial charge in [0.2, 0.25) is 0 Å². The van der Waals surface area contributed by atoms with Crippen LogP contribution in [-0.2, 0) is 48.4 Å². The normalized spacial score (nSPS) is 27.6. The largest absolute Gasteiger partial charge is 0.459 e. The van der Waals surface area contributed by atoms with Crippen molar-refractivity contribution in [2.75, 3.05) is 13.2 Å². The van der Waals surface area contributed by atoms with Crippen LogP contribution in [0.15, 0.2) is 55.0 Å². The molecule has 2 aromatic rings. The molecule has 10 heteroatoms. The summed E-state index contributed by atoms with van der Waals surface area (Å²) >= 11 is 0. The van der Waals surface area contributed by atoms with Crippen LogP contribution in [0.5, 0.6) is 0 Å². The highest BCUT2D eigenvalue weighted by Crippen LogP contribution is 2.25. The van der Waals surface area contributed by atoms with Crippen molar-refractivity contribution in [3.05, 3.63) is 71.8 Å². The van der Waals surface area contributed by atoms with Gasteiger partial charge in [-0.15, -0.1) is 0 Å². The molecule has 1 saturated heterocycles. The average molecular weight is 541 g/mol. The van der Waals surface area contributed by atoms with Gasteiger partial charge in [-0.2, -0.15) is 0 Å². The molecule has 1 fully saturated rings. The van der Waals surface area contributed by atoms with Crippen LogP contribution in [0.1, 0.15) is 36.6 Å². The van der Waals surface area contributed by atoms with Crippen LogP contribution in [0.25, 0.3) is 6.08 Å². The topological polar surface area (TPSA) is 129 Å². The van der Waals surface area contributed by atoms with Crippen LogP contribution in [0.2, 0.25) is 0 Å². The maximum absolute atomic E-state index is 12.5. The first-order valence-corrected chi connectivity index (χ1v) is 13.1. The van der Waals surface area contributed by atoms with Crippen molar-refractivity contribution < 1.29 is 38.7 Å². The van der Waals surface area contributed by atoms with Gasteiger partial charge in [0.05, 0.1) is 25.2 Å². The van der Waals surface area contributed by atoms with E-state index in [0.29, 0.717) is 38.0 Å². The highest BCUT2D eigenvalue weighted by atomic mass is 16.7. The summed E-state index contributed by atoms with van der Waals surface area (Å²) in [5.74, 6) is -0.932. The van der Waals surface area contributed by atoms with Crippen molar-refractivity contribution >= 4 is 18.0 Å². The first kappa shape index (κ1) is 28.7. The quantitative estimate of drug-likeness (QED) is 0.308. The smallest absolute Gasteiger partial charge is 0.331 e. The zero-order chi connectivity index (χ0) is 27.8. The molecule has 1 aromatic carbocycles. The summed E-state index contributed by atoms with van der Waals surface area (Å²) in [7, 11) is 1.86. The van der Waals surface area contributed by atoms with E-state index in [1.54, 1.807) is 17.0 Å². The lowest BCUT2D eigenvalue weighted by Crippen LogP contribution is -2.55. The number of aliphatic hydroxyl groups is 2. The molecule has 10 nitrogen and oxygen atoms in total. The van der Waals surface area contributed by atoms with E-state index in [9.17, 15) is 19.8 Å². The van der Waals surface area contributed by atoms with Gasteiger partial charge < -0.3 is 33.7 Å². The highest BCUT2D eigenvalue weighted by Gasteiger charge is 2.42. The highest BCUT2D eigenvalue weighted by molar-refractivity contribution is 5.86. The zero-order valence-electron chi connectivity index (χ0n) is 22.2. The Morgan fingerprint density at radius 2 is 1.87 bits per heavy atom. The number of hydrogen-bond acceptors (Lipinski definition) is 9. The van der Waals surface area contributed by atoms with E-state index in [4.69, 9.17) is 18.9 Å².